The number of ketones is 2. The molecule has 0 atom stereocenters. The molecule has 0 unspecified atom stereocenters. The van der Waals surface area contributed by atoms with E-state index in [1.807, 2.05) is 12.1 Å². The van der Waals surface area contributed by atoms with Crippen molar-refractivity contribution in [2.45, 2.75) is 12.8 Å². The molecule has 2 nitrogen and oxygen atoms in total. The van der Waals surface area contributed by atoms with Crippen molar-refractivity contribution < 1.29 is 9.59 Å². The van der Waals surface area contributed by atoms with E-state index in [9.17, 15) is 9.59 Å². The Morgan fingerprint density at radius 1 is 0.750 bits per heavy atom. The van der Waals surface area contributed by atoms with Gasteiger partial charge in [0.1, 0.15) is 0 Å². The molecule has 16 heavy (non-hydrogen) atoms. The van der Waals surface area contributed by atoms with Gasteiger partial charge in [0.25, 0.3) is 0 Å². The maximum atomic E-state index is 11.3. The lowest BCUT2D eigenvalue weighted by atomic mass is 9.81. The molecule has 1 aromatic rings. The Balaban J connectivity index is 2.10. The quantitative estimate of drug-likeness (QED) is 0.483. The van der Waals surface area contributed by atoms with Crippen molar-refractivity contribution in [2.75, 3.05) is 0 Å². The zero-order valence-corrected chi connectivity index (χ0v) is 8.69. The highest BCUT2D eigenvalue weighted by Gasteiger charge is 2.24. The summed E-state index contributed by atoms with van der Waals surface area (Å²) >= 11 is 0. The third-order valence-electron chi connectivity index (χ3n) is 3.15. The number of fused-ring (bicyclic) bond motifs is 2. The number of hydrogen-bond acceptors (Lipinski definition) is 2. The first-order chi connectivity index (χ1) is 7.74. The van der Waals surface area contributed by atoms with E-state index in [0.29, 0.717) is 0 Å². The zero-order valence-electron chi connectivity index (χ0n) is 8.69. The topological polar surface area (TPSA) is 34.1 Å². The standard InChI is InChI=1S/C14H10O2/c15-13-7-11-5-9-3-1-2-4-10(9)6-12(11)8-14(13)16/h1-4,7-8H,5-6H2. The first-order valence-electron chi connectivity index (χ1n) is 5.30. The van der Waals surface area contributed by atoms with Crippen LogP contribution in [0.15, 0.2) is 47.6 Å². The summed E-state index contributed by atoms with van der Waals surface area (Å²) in [6, 6.07) is 8.16. The van der Waals surface area contributed by atoms with E-state index in [2.05, 4.69) is 12.1 Å². The van der Waals surface area contributed by atoms with Gasteiger partial charge in [0.15, 0.2) is 0 Å². The van der Waals surface area contributed by atoms with Crippen LogP contribution in [0.3, 0.4) is 0 Å². The van der Waals surface area contributed by atoms with Crippen LogP contribution >= 0.6 is 0 Å². The summed E-state index contributed by atoms with van der Waals surface area (Å²) in [7, 11) is 0. The van der Waals surface area contributed by atoms with Gasteiger partial charge in [0.05, 0.1) is 0 Å². The molecule has 0 heterocycles. The van der Waals surface area contributed by atoms with Crippen molar-refractivity contribution in [3.05, 3.63) is 58.7 Å². The third kappa shape index (κ3) is 1.34. The normalized spacial score (nSPS) is 18.5. The van der Waals surface area contributed by atoms with Gasteiger partial charge in [-0.1, -0.05) is 24.3 Å². The van der Waals surface area contributed by atoms with E-state index in [0.717, 1.165) is 24.0 Å². The summed E-state index contributed by atoms with van der Waals surface area (Å²) < 4.78 is 0. The van der Waals surface area contributed by atoms with Crippen molar-refractivity contribution in [3.63, 3.8) is 0 Å². The summed E-state index contributed by atoms with van der Waals surface area (Å²) in [6.45, 7) is 0. The number of hydrogen-bond donors (Lipinski definition) is 0. The molecule has 0 amide bonds. The minimum atomic E-state index is -0.391. The summed E-state index contributed by atoms with van der Waals surface area (Å²) in [4.78, 5) is 22.6. The summed E-state index contributed by atoms with van der Waals surface area (Å²) in [6.07, 6.45) is 4.52. The molecule has 3 rings (SSSR count). The predicted molar refractivity (Wildman–Crippen MR) is 60.0 cm³/mol. The molecular formula is C14H10O2. The molecule has 0 N–H and O–H groups in total. The van der Waals surface area contributed by atoms with E-state index in [1.165, 1.54) is 23.3 Å². The molecule has 0 saturated heterocycles. The van der Waals surface area contributed by atoms with Crippen LogP contribution in [0.5, 0.6) is 0 Å². The fourth-order valence-electron chi connectivity index (χ4n) is 2.29. The Hall–Kier alpha value is -1.96. The third-order valence-corrected chi connectivity index (χ3v) is 3.15. The van der Waals surface area contributed by atoms with Crippen molar-refractivity contribution in [3.8, 4) is 0 Å². The molecule has 0 aliphatic heterocycles. The number of carbonyl (C=O) groups excluding carboxylic acids is 2. The predicted octanol–water partition coefficient (Wildman–Crippen LogP) is 1.79. The first kappa shape index (κ1) is 9.28. The van der Waals surface area contributed by atoms with Crippen molar-refractivity contribution in [1.29, 1.82) is 0 Å². The fourth-order valence-corrected chi connectivity index (χ4v) is 2.29. The van der Waals surface area contributed by atoms with E-state index in [1.54, 1.807) is 0 Å². The lowest BCUT2D eigenvalue weighted by Crippen LogP contribution is -2.20. The van der Waals surface area contributed by atoms with Gasteiger partial charge in [-0.25, -0.2) is 0 Å². The average Bonchev–Trinajstić information content (AvgIpc) is 2.28. The zero-order chi connectivity index (χ0) is 11.1. The highest BCUT2D eigenvalue weighted by Crippen LogP contribution is 2.30. The molecule has 0 fully saturated rings. The second-order valence-electron chi connectivity index (χ2n) is 4.19. The maximum Gasteiger partial charge on any atom is 0.226 e. The molecule has 0 spiro atoms. The second kappa shape index (κ2) is 3.27. The SMILES string of the molecule is O=C1C=C2Cc3ccccc3CC2=CC1=O. The van der Waals surface area contributed by atoms with E-state index in [4.69, 9.17) is 0 Å². The smallest absolute Gasteiger partial charge is 0.226 e. The van der Waals surface area contributed by atoms with Crippen molar-refractivity contribution in [1.82, 2.24) is 0 Å². The van der Waals surface area contributed by atoms with E-state index in [-0.39, 0.29) is 0 Å². The van der Waals surface area contributed by atoms with Crippen molar-refractivity contribution in [2.24, 2.45) is 0 Å². The summed E-state index contributed by atoms with van der Waals surface area (Å²) in [5.41, 5.74) is 4.52. The lowest BCUT2D eigenvalue weighted by molar-refractivity contribution is -0.131. The van der Waals surface area contributed by atoms with Crippen LogP contribution < -0.4 is 0 Å². The Labute approximate surface area is 93.3 Å². The van der Waals surface area contributed by atoms with Crippen LogP contribution in [-0.2, 0) is 22.4 Å². The van der Waals surface area contributed by atoms with Crippen LogP contribution in [0.25, 0.3) is 0 Å². The van der Waals surface area contributed by atoms with Gasteiger partial charge in [0.2, 0.25) is 11.6 Å². The number of benzene rings is 1. The Bertz CT molecular complexity index is 511. The number of rotatable bonds is 0. The highest BCUT2D eigenvalue weighted by atomic mass is 16.2. The molecule has 0 bridgehead atoms. The van der Waals surface area contributed by atoms with Gasteiger partial charge in [-0.15, -0.1) is 0 Å². The van der Waals surface area contributed by atoms with Crippen LogP contribution in [0, 0.1) is 0 Å². The minimum Gasteiger partial charge on any atom is -0.286 e. The van der Waals surface area contributed by atoms with Gasteiger partial charge < -0.3 is 0 Å². The monoisotopic (exact) mass is 210 g/mol. The molecule has 0 aromatic heterocycles. The minimum absolute atomic E-state index is 0.391. The molecule has 0 saturated carbocycles. The average molecular weight is 210 g/mol. The van der Waals surface area contributed by atoms with E-state index < -0.39 is 11.6 Å². The number of allylic oxidation sites excluding steroid dienone is 4. The molecule has 0 radical (unpaired) electrons. The number of carbonyl (C=O) groups is 2. The van der Waals surface area contributed by atoms with Crippen molar-refractivity contribution >= 4 is 11.6 Å². The second-order valence-corrected chi connectivity index (χ2v) is 4.19. The molecular weight excluding hydrogens is 200 g/mol. The molecule has 1 aromatic carbocycles. The van der Waals surface area contributed by atoms with Gasteiger partial charge in [-0.05, 0) is 47.3 Å². The van der Waals surface area contributed by atoms with Gasteiger partial charge in [-0.2, -0.15) is 0 Å². The fraction of sp³-hybridized carbons (Fsp3) is 0.143. The Morgan fingerprint density at radius 2 is 1.19 bits per heavy atom. The van der Waals surface area contributed by atoms with Crippen LogP contribution in [0.1, 0.15) is 11.1 Å². The van der Waals surface area contributed by atoms with Crippen LogP contribution in [0.4, 0.5) is 0 Å². The van der Waals surface area contributed by atoms with E-state index >= 15 is 0 Å². The maximum absolute atomic E-state index is 11.3. The Morgan fingerprint density at radius 3 is 1.62 bits per heavy atom. The molecule has 78 valence electrons. The Kier molecular flexibility index (Phi) is 1.90. The van der Waals surface area contributed by atoms with Crippen LogP contribution in [-0.4, -0.2) is 11.6 Å². The largest absolute Gasteiger partial charge is 0.286 e. The van der Waals surface area contributed by atoms with Gasteiger partial charge in [-0.3, -0.25) is 9.59 Å². The lowest BCUT2D eigenvalue weighted by Gasteiger charge is -2.23. The van der Waals surface area contributed by atoms with Gasteiger partial charge >= 0.3 is 0 Å². The molecule has 2 aliphatic rings. The summed E-state index contributed by atoms with van der Waals surface area (Å²) in [5, 5.41) is 0. The summed E-state index contributed by atoms with van der Waals surface area (Å²) in [5.74, 6) is -0.781. The highest BCUT2D eigenvalue weighted by molar-refractivity contribution is 6.46. The van der Waals surface area contributed by atoms with Crippen LogP contribution in [0.2, 0.25) is 0 Å². The van der Waals surface area contributed by atoms with Gasteiger partial charge in [0, 0.05) is 0 Å². The molecule has 2 heteroatoms. The molecule has 2 aliphatic carbocycles. The first-order valence-corrected chi connectivity index (χ1v) is 5.30.